The molecule has 0 N–H and O–H groups in total. The van der Waals surface area contributed by atoms with E-state index in [9.17, 15) is 0 Å². The Bertz CT molecular complexity index is 501. The fourth-order valence-electron chi connectivity index (χ4n) is 1.37. The van der Waals surface area contributed by atoms with Crippen LogP contribution in [0.15, 0.2) is 48.5 Å². The van der Waals surface area contributed by atoms with Crippen molar-refractivity contribution in [3.05, 3.63) is 69.7 Å². The van der Waals surface area contributed by atoms with Crippen LogP contribution in [-0.4, -0.2) is 0 Å². The Labute approximate surface area is 105 Å². The molecule has 0 bridgehead atoms. The SMILES string of the molecule is Clc1ccc(/C=C\c2ccccc2)cc1Cl. The minimum atomic E-state index is 0.580. The highest BCUT2D eigenvalue weighted by Gasteiger charge is 1.96. The molecule has 0 aliphatic heterocycles. The largest absolute Gasteiger partial charge is 0.0827 e. The van der Waals surface area contributed by atoms with Crippen LogP contribution in [0.2, 0.25) is 10.0 Å². The molecule has 0 unspecified atom stereocenters. The van der Waals surface area contributed by atoms with E-state index in [1.54, 1.807) is 6.07 Å². The van der Waals surface area contributed by atoms with E-state index < -0.39 is 0 Å². The Balaban J connectivity index is 2.21. The maximum Gasteiger partial charge on any atom is 0.0598 e. The van der Waals surface area contributed by atoms with Crippen LogP contribution in [0.4, 0.5) is 0 Å². The van der Waals surface area contributed by atoms with Gasteiger partial charge in [-0.1, -0.05) is 71.8 Å². The van der Waals surface area contributed by atoms with Gasteiger partial charge in [0, 0.05) is 0 Å². The van der Waals surface area contributed by atoms with Crippen LogP contribution in [0, 0.1) is 0 Å². The summed E-state index contributed by atoms with van der Waals surface area (Å²) in [5.74, 6) is 0. The molecule has 0 fully saturated rings. The molecule has 0 aliphatic carbocycles. The van der Waals surface area contributed by atoms with Crippen molar-refractivity contribution < 1.29 is 0 Å². The van der Waals surface area contributed by atoms with Gasteiger partial charge in [0.25, 0.3) is 0 Å². The van der Waals surface area contributed by atoms with E-state index in [2.05, 4.69) is 0 Å². The number of benzene rings is 2. The van der Waals surface area contributed by atoms with Crippen molar-refractivity contribution in [1.29, 1.82) is 0 Å². The monoisotopic (exact) mass is 248 g/mol. The van der Waals surface area contributed by atoms with E-state index in [0.29, 0.717) is 10.0 Å². The second kappa shape index (κ2) is 5.20. The molecule has 0 aliphatic rings. The van der Waals surface area contributed by atoms with Gasteiger partial charge in [0.05, 0.1) is 10.0 Å². The maximum absolute atomic E-state index is 5.93. The molecule has 0 saturated heterocycles. The van der Waals surface area contributed by atoms with Gasteiger partial charge in [0.15, 0.2) is 0 Å². The van der Waals surface area contributed by atoms with Crippen molar-refractivity contribution in [3.63, 3.8) is 0 Å². The zero-order chi connectivity index (χ0) is 11.4. The number of hydrogen-bond donors (Lipinski definition) is 0. The summed E-state index contributed by atoms with van der Waals surface area (Å²) in [6.45, 7) is 0. The van der Waals surface area contributed by atoms with Crippen molar-refractivity contribution in [2.45, 2.75) is 0 Å². The van der Waals surface area contributed by atoms with Crippen molar-refractivity contribution >= 4 is 35.4 Å². The molecule has 0 radical (unpaired) electrons. The van der Waals surface area contributed by atoms with Gasteiger partial charge in [-0.2, -0.15) is 0 Å². The van der Waals surface area contributed by atoms with Gasteiger partial charge in [0.2, 0.25) is 0 Å². The Morgan fingerprint density at radius 3 is 2.06 bits per heavy atom. The normalized spacial score (nSPS) is 10.9. The quantitative estimate of drug-likeness (QED) is 0.644. The van der Waals surface area contributed by atoms with Crippen LogP contribution in [0.3, 0.4) is 0 Å². The molecule has 0 spiro atoms. The number of rotatable bonds is 2. The first kappa shape index (κ1) is 11.3. The van der Waals surface area contributed by atoms with E-state index >= 15 is 0 Å². The summed E-state index contributed by atoms with van der Waals surface area (Å²) >= 11 is 11.8. The van der Waals surface area contributed by atoms with Crippen LogP contribution in [-0.2, 0) is 0 Å². The Morgan fingerprint density at radius 2 is 1.38 bits per heavy atom. The highest BCUT2D eigenvalue weighted by molar-refractivity contribution is 6.42. The Hall–Kier alpha value is -1.24. The summed E-state index contributed by atoms with van der Waals surface area (Å²) in [6, 6.07) is 15.7. The third kappa shape index (κ3) is 2.88. The van der Waals surface area contributed by atoms with E-state index in [-0.39, 0.29) is 0 Å². The summed E-state index contributed by atoms with van der Waals surface area (Å²) in [5.41, 5.74) is 2.20. The van der Waals surface area contributed by atoms with Crippen LogP contribution in [0.25, 0.3) is 12.2 Å². The lowest BCUT2D eigenvalue weighted by atomic mass is 10.1. The zero-order valence-electron chi connectivity index (χ0n) is 8.53. The molecule has 2 heteroatoms. The molecular formula is C14H10Cl2. The van der Waals surface area contributed by atoms with Crippen LogP contribution in [0.1, 0.15) is 11.1 Å². The van der Waals surface area contributed by atoms with E-state index in [1.165, 1.54) is 0 Å². The fraction of sp³-hybridized carbons (Fsp3) is 0. The van der Waals surface area contributed by atoms with E-state index in [1.807, 2.05) is 54.6 Å². The van der Waals surface area contributed by atoms with Gasteiger partial charge in [0.1, 0.15) is 0 Å². The molecule has 0 nitrogen and oxygen atoms in total. The number of hydrogen-bond acceptors (Lipinski definition) is 0. The minimum absolute atomic E-state index is 0.580. The minimum Gasteiger partial charge on any atom is -0.0827 e. The second-order valence-electron chi connectivity index (χ2n) is 3.42. The molecule has 0 atom stereocenters. The zero-order valence-corrected chi connectivity index (χ0v) is 10.0. The number of halogens is 2. The average molecular weight is 249 g/mol. The van der Waals surface area contributed by atoms with Gasteiger partial charge in [-0.15, -0.1) is 0 Å². The highest BCUT2D eigenvalue weighted by atomic mass is 35.5. The standard InChI is InChI=1S/C14H10Cl2/c15-13-9-8-12(10-14(13)16)7-6-11-4-2-1-3-5-11/h1-10H/b7-6-. The molecule has 0 aromatic heterocycles. The van der Waals surface area contributed by atoms with E-state index in [0.717, 1.165) is 11.1 Å². The smallest absolute Gasteiger partial charge is 0.0598 e. The fourth-order valence-corrected chi connectivity index (χ4v) is 1.68. The molecule has 0 amide bonds. The van der Waals surface area contributed by atoms with E-state index in [4.69, 9.17) is 23.2 Å². The molecule has 80 valence electrons. The van der Waals surface area contributed by atoms with Crippen molar-refractivity contribution in [2.75, 3.05) is 0 Å². The highest BCUT2D eigenvalue weighted by Crippen LogP contribution is 2.23. The Kier molecular flexibility index (Phi) is 3.66. The third-order valence-corrected chi connectivity index (χ3v) is 2.95. The lowest BCUT2D eigenvalue weighted by Gasteiger charge is -1.97. The lowest BCUT2D eigenvalue weighted by Crippen LogP contribution is -1.74. The molecule has 2 rings (SSSR count). The van der Waals surface area contributed by atoms with Gasteiger partial charge in [-0.3, -0.25) is 0 Å². The van der Waals surface area contributed by atoms with Crippen molar-refractivity contribution in [2.24, 2.45) is 0 Å². The van der Waals surface area contributed by atoms with Gasteiger partial charge in [-0.05, 0) is 23.3 Å². The lowest BCUT2D eigenvalue weighted by molar-refractivity contribution is 1.64. The second-order valence-corrected chi connectivity index (χ2v) is 4.23. The molecule has 0 heterocycles. The third-order valence-electron chi connectivity index (χ3n) is 2.21. The van der Waals surface area contributed by atoms with Crippen molar-refractivity contribution in [3.8, 4) is 0 Å². The van der Waals surface area contributed by atoms with Crippen molar-refractivity contribution in [1.82, 2.24) is 0 Å². The summed E-state index contributed by atoms with van der Waals surface area (Å²) in [4.78, 5) is 0. The van der Waals surface area contributed by atoms with Gasteiger partial charge in [-0.25, -0.2) is 0 Å². The van der Waals surface area contributed by atoms with Crippen LogP contribution < -0.4 is 0 Å². The summed E-state index contributed by atoms with van der Waals surface area (Å²) in [6.07, 6.45) is 4.05. The van der Waals surface area contributed by atoms with Gasteiger partial charge >= 0.3 is 0 Å². The van der Waals surface area contributed by atoms with Gasteiger partial charge < -0.3 is 0 Å². The van der Waals surface area contributed by atoms with Crippen LogP contribution in [0.5, 0.6) is 0 Å². The summed E-state index contributed by atoms with van der Waals surface area (Å²) < 4.78 is 0. The topological polar surface area (TPSA) is 0 Å². The van der Waals surface area contributed by atoms with Crippen LogP contribution >= 0.6 is 23.2 Å². The first-order valence-corrected chi connectivity index (χ1v) is 5.69. The first-order chi connectivity index (χ1) is 7.75. The molecular weight excluding hydrogens is 239 g/mol. The Morgan fingerprint density at radius 1 is 0.688 bits per heavy atom. The average Bonchev–Trinajstić information content (AvgIpc) is 2.32. The predicted octanol–water partition coefficient (Wildman–Crippen LogP) is 5.16. The molecule has 2 aromatic rings. The molecule has 16 heavy (non-hydrogen) atoms. The first-order valence-electron chi connectivity index (χ1n) is 4.94. The maximum atomic E-state index is 5.93. The predicted molar refractivity (Wildman–Crippen MR) is 71.8 cm³/mol. The summed E-state index contributed by atoms with van der Waals surface area (Å²) in [5, 5.41) is 1.16. The molecule has 0 saturated carbocycles. The summed E-state index contributed by atoms with van der Waals surface area (Å²) in [7, 11) is 0. The molecule has 2 aromatic carbocycles.